The fourth-order valence-electron chi connectivity index (χ4n) is 5.41. The normalized spacial score (nSPS) is 13.9. The van der Waals surface area contributed by atoms with Gasteiger partial charge in [-0.25, -0.2) is 9.59 Å². The molecular formula is C28H58O6Si2. The molecule has 0 amide bonds. The molecule has 0 aliphatic carbocycles. The van der Waals surface area contributed by atoms with Crippen molar-refractivity contribution in [2.75, 3.05) is 13.2 Å². The topological polar surface area (TPSA) is 71.1 Å². The molecule has 0 bridgehead atoms. The maximum atomic E-state index is 13.6. The van der Waals surface area contributed by atoms with Gasteiger partial charge in [0.25, 0.3) is 0 Å². The van der Waals surface area contributed by atoms with Crippen LogP contribution in [0.2, 0.25) is 36.3 Å². The predicted molar refractivity (Wildman–Crippen MR) is 154 cm³/mol. The number of hydrogen-bond donors (Lipinski definition) is 0. The average Bonchev–Trinajstić information content (AvgIpc) is 2.84. The monoisotopic (exact) mass is 546 g/mol. The summed E-state index contributed by atoms with van der Waals surface area (Å²) in [5.41, 5.74) is 0. The SMILES string of the molecule is CCCOC(=O)C(O[Si](CCC)(CCC)CCC)C(O[Si](CCC)(CCC)CCC)C(=O)OCCC. The van der Waals surface area contributed by atoms with Crippen LogP contribution in [0, 0.1) is 0 Å². The van der Waals surface area contributed by atoms with Crippen molar-refractivity contribution in [2.45, 2.75) is 155 Å². The number of carbonyl (C=O) groups is 2. The minimum Gasteiger partial charge on any atom is -0.464 e. The molecule has 2 unspecified atom stereocenters. The van der Waals surface area contributed by atoms with E-state index in [1.54, 1.807) is 0 Å². The Kier molecular flexibility index (Phi) is 19.9. The Bertz CT molecular complexity index is 502. The number of carbonyl (C=O) groups excluding carboxylic acids is 2. The van der Waals surface area contributed by atoms with E-state index >= 15 is 0 Å². The van der Waals surface area contributed by atoms with Gasteiger partial charge in [0.2, 0.25) is 0 Å². The van der Waals surface area contributed by atoms with Gasteiger partial charge in [0.1, 0.15) is 0 Å². The molecule has 0 aromatic heterocycles. The summed E-state index contributed by atoms with van der Waals surface area (Å²) in [7, 11) is -4.61. The maximum absolute atomic E-state index is 13.6. The lowest BCUT2D eigenvalue weighted by Gasteiger charge is -2.40. The Morgan fingerprint density at radius 2 is 0.722 bits per heavy atom. The van der Waals surface area contributed by atoms with E-state index in [1.165, 1.54) is 0 Å². The Morgan fingerprint density at radius 3 is 0.917 bits per heavy atom. The summed E-state index contributed by atoms with van der Waals surface area (Å²) in [6, 6.07) is 5.78. The Labute approximate surface area is 224 Å². The largest absolute Gasteiger partial charge is 0.464 e. The lowest BCUT2D eigenvalue weighted by Crippen LogP contribution is -2.56. The molecule has 0 fully saturated rings. The van der Waals surface area contributed by atoms with Crippen molar-refractivity contribution in [3.63, 3.8) is 0 Å². The zero-order valence-corrected chi connectivity index (χ0v) is 26.9. The van der Waals surface area contributed by atoms with Crippen LogP contribution in [-0.4, -0.2) is 54.0 Å². The highest BCUT2D eigenvalue weighted by Gasteiger charge is 2.48. The van der Waals surface area contributed by atoms with Crippen molar-refractivity contribution in [3.05, 3.63) is 0 Å². The van der Waals surface area contributed by atoms with Gasteiger partial charge < -0.3 is 18.3 Å². The molecule has 0 spiro atoms. The summed E-state index contributed by atoms with van der Waals surface area (Å²) < 4.78 is 25.1. The van der Waals surface area contributed by atoms with Crippen molar-refractivity contribution >= 4 is 28.6 Å². The Morgan fingerprint density at radius 1 is 0.472 bits per heavy atom. The minimum absolute atomic E-state index is 0.306. The third-order valence-electron chi connectivity index (χ3n) is 6.62. The van der Waals surface area contributed by atoms with E-state index in [-0.39, 0.29) is 0 Å². The highest BCUT2D eigenvalue weighted by atomic mass is 28.4. The van der Waals surface area contributed by atoms with E-state index in [4.69, 9.17) is 18.3 Å². The predicted octanol–water partition coefficient (Wildman–Crippen LogP) is 8.01. The van der Waals surface area contributed by atoms with Crippen LogP contribution in [0.1, 0.15) is 107 Å². The Hall–Kier alpha value is -0.706. The van der Waals surface area contributed by atoms with Crippen molar-refractivity contribution in [2.24, 2.45) is 0 Å². The second kappa shape index (κ2) is 20.3. The molecule has 0 rings (SSSR count). The summed E-state index contributed by atoms with van der Waals surface area (Å²) in [6.07, 6.45) is 5.28. The summed E-state index contributed by atoms with van der Waals surface area (Å²) in [4.78, 5) is 27.1. The first-order chi connectivity index (χ1) is 17.3. The number of esters is 2. The molecule has 2 atom stereocenters. The quantitative estimate of drug-likeness (QED) is 0.0954. The van der Waals surface area contributed by atoms with Gasteiger partial charge >= 0.3 is 11.9 Å². The molecular weight excluding hydrogens is 488 g/mol. The molecule has 0 aromatic carbocycles. The van der Waals surface area contributed by atoms with Gasteiger partial charge in [-0.3, -0.25) is 0 Å². The van der Waals surface area contributed by atoms with Crippen LogP contribution in [0.5, 0.6) is 0 Å². The highest BCUT2D eigenvalue weighted by Crippen LogP contribution is 2.34. The van der Waals surface area contributed by atoms with Crippen molar-refractivity contribution < 1.29 is 27.9 Å². The van der Waals surface area contributed by atoms with Gasteiger partial charge in [-0.15, -0.1) is 0 Å². The second-order valence-corrected chi connectivity index (χ2v) is 18.5. The smallest absolute Gasteiger partial charge is 0.337 e. The van der Waals surface area contributed by atoms with Gasteiger partial charge in [-0.1, -0.05) is 93.9 Å². The van der Waals surface area contributed by atoms with Gasteiger partial charge in [0.15, 0.2) is 28.8 Å². The van der Waals surface area contributed by atoms with Crippen LogP contribution < -0.4 is 0 Å². The first-order valence-electron chi connectivity index (χ1n) is 15.0. The summed E-state index contributed by atoms with van der Waals surface area (Å²) >= 11 is 0. The van der Waals surface area contributed by atoms with E-state index < -0.39 is 40.8 Å². The average molecular weight is 547 g/mol. The summed E-state index contributed by atoms with van der Waals surface area (Å²) in [5.74, 6) is -0.939. The standard InChI is InChI=1S/C28H58O6Si2/c1-9-17-31-27(29)25(33-35(19-11-3,20-12-4)21-13-5)26(28(30)32-18-10-2)34-36(22-14-6,23-15-7)24-16-8/h25-26H,9-24H2,1-8H3. The minimum atomic E-state index is -2.30. The van der Waals surface area contributed by atoms with Gasteiger partial charge in [-0.2, -0.15) is 0 Å². The maximum Gasteiger partial charge on any atom is 0.337 e. The molecule has 0 aliphatic heterocycles. The van der Waals surface area contributed by atoms with Crippen LogP contribution in [0.25, 0.3) is 0 Å². The Balaban J connectivity index is 6.66. The molecule has 6 nitrogen and oxygen atoms in total. The molecule has 0 heterocycles. The molecule has 214 valence electrons. The number of ether oxygens (including phenoxy) is 2. The van der Waals surface area contributed by atoms with Crippen molar-refractivity contribution in [1.82, 2.24) is 0 Å². The fourth-order valence-corrected chi connectivity index (χ4v) is 14.6. The molecule has 0 saturated heterocycles. The molecule has 36 heavy (non-hydrogen) atoms. The van der Waals surface area contributed by atoms with E-state index in [2.05, 4.69) is 41.5 Å². The fraction of sp³-hybridized carbons (Fsp3) is 0.929. The van der Waals surface area contributed by atoms with E-state index in [1.807, 2.05) is 13.8 Å². The number of rotatable bonds is 23. The molecule has 0 aromatic rings. The first-order valence-corrected chi connectivity index (χ1v) is 20.0. The molecule has 0 saturated carbocycles. The summed E-state index contributed by atoms with van der Waals surface area (Å²) in [6.45, 7) is 17.6. The first kappa shape index (κ1) is 35.3. The lowest BCUT2D eigenvalue weighted by atomic mass is 10.2. The van der Waals surface area contributed by atoms with Gasteiger partial charge in [0, 0.05) is 0 Å². The van der Waals surface area contributed by atoms with Crippen LogP contribution in [0.15, 0.2) is 0 Å². The zero-order chi connectivity index (χ0) is 27.5. The van der Waals surface area contributed by atoms with Crippen molar-refractivity contribution in [1.29, 1.82) is 0 Å². The molecule has 0 N–H and O–H groups in total. The number of hydrogen-bond acceptors (Lipinski definition) is 6. The van der Waals surface area contributed by atoms with E-state index in [9.17, 15) is 9.59 Å². The van der Waals surface area contributed by atoms with E-state index in [0.717, 1.165) is 74.8 Å². The van der Waals surface area contributed by atoms with Crippen LogP contribution >= 0.6 is 0 Å². The van der Waals surface area contributed by atoms with Gasteiger partial charge in [-0.05, 0) is 49.1 Å². The summed E-state index contributed by atoms with van der Waals surface area (Å²) in [5, 5.41) is 0. The molecule has 8 heteroatoms. The van der Waals surface area contributed by atoms with Gasteiger partial charge in [0.05, 0.1) is 13.2 Å². The zero-order valence-electron chi connectivity index (χ0n) is 24.9. The van der Waals surface area contributed by atoms with Crippen molar-refractivity contribution in [3.8, 4) is 0 Å². The van der Waals surface area contributed by atoms with E-state index in [0.29, 0.717) is 26.1 Å². The lowest BCUT2D eigenvalue weighted by molar-refractivity contribution is -0.170. The molecule has 0 radical (unpaired) electrons. The van der Waals surface area contributed by atoms with Crippen LogP contribution in [-0.2, 0) is 27.9 Å². The van der Waals surface area contributed by atoms with Crippen LogP contribution in [0.3, 0.4) is 0 Å². The van der Waals surface area contributed by atoms with Crippen LogP contribution in [0.4, 0.5) is 0 Å². The third kappa shape index (κ3) is 12.2. The molecule has 0 aliphatic rings. The second-order valence-electron chi connectivity index (χ2n) is 10.3. The third-order valence-corrected chi connectivity index (χ3v) is 16.6. The highest BCUT2D eigenvalue weighted by molar-refractivity contribution is 6.74.